The van der Waals surface area contributed by atoms with Crippen molar-refractivity contribution in [1.29, 1.82) is 0 Å². The maximum absolute atomic E-state index is 13.0. The Bertz CT molecular complexity index is 374. The summed E-state index contributed by atoms with van der Waals surface area (Å²) in [7, 11) is 0. The van der Waals surface area contributed by atoms with Crippen LogP contribution in [0.2, 0.25) is 5.02 Å². The van der Waals surface area contributed by atoms with Crippen molar-refractivity contribution in [3.8, 4) is 0 Å². The first kappa shape index (κ1) is 14.2. The van der Waals surface area contributed by atoms with Crippen LogP contribution < -0.4 is 5.32 Å². The summed E-state index contributed by atoms with van der Waals surface area (Å²) < 4.78 is 13.0. The van der Waals surface area contributed by atoms with Crippen LogP contribution in [0.25, 0.3) is 0 Å². The molecule has 1 rings (SSSR count). The van der Waals surface area contributed by atoms with Crippen molar-refractivity contribution in [2.75, 3.05) is 6.54 Å². The molecule has 3 heteroatoms. The molecule has 0 radical (unpaired) electrons. The molecule has 0 fully saturated rings. The van der Waals surface area contributed by atoms with Crippen molar-refractivity contribution in [2.24, 2.45) is 0 Å². The van der Waals surface area contributed by atoms with Gasteiger partial charge in [0.1, 0.15) is 5.82 Å². The van der Waals surface area contributed by atoms with E-state index in [2.05, 4.69) is 25.2 Å². The second-order valence-electron chi connectivity index (χ2n) is 4.31. The standard InChI is InChI=1S/C14H19ClFN/c1-11(2)17-9-5-3-4-6-12-10-13(16)7-8-14(12)15/h3-4,7-8,10-11,17H,5-6,9H2,1-2H3/b4-3+. The van der Waals surface area contributed by atoms with E-state index in [0.29, 0.717) is 17.5 Å². The summed E-state index contributed by atoms with van der Waals surface area (Å²) in [5.41, 5.74) is 0.833. The van der Waals surface area contributed by atoms with Crippen molar-refractivity contribution in [3.63, 3.8) is 0 Å². The molecule has 0 aliphatic heterocycles. The van der Waals surface area contributed by atoms with Gasteiger partial charge in [0.2, 0.25) is 0 Å². The van der Waals surface area contributed by atoms with Crippen molar-refractivity contribution in [2.45, 2.75) is 32.7 Å². The molecule has 0 aromatic heterocycles. The van der Waals surface area contributed by atoms with Gasteiger partial charge < -0.3 is 5.32 Å². The fourth-order valence-electron chi connectivity index (χ4n) is 1.48. The Balaban J connectivity index is 2.34. The van der Waals surface area contributed by atoms with E-state index in [4.69, 9.17) is 11.6 Å². The minimum atomic E-state index is -0.237. The van der Waals surface area contributed by atoms with Crippen LogP contribution in [-0.4, -0.2) is 12.6 Å². The van der Waals surface area contributed by atoms with Gasteiger partial charge in [0.05, 0.1) is 0 Å². The van der Waals surface area contributed by atoms with Gasteiger partial charge in [-0.05, 0) is 43.1 Å². The third kappa shape index (κ3) is 5.85. The summed E-state index contributed by atoms with van der Waals surface area (Å²) >= 11 is 5.96. The van der Waals surface area contributed by atoms with E-state index in [1.807, 2.05) is 6.08 Å². The molecule has 0 heterocycles. The largest absolute Gasteiger partial charge is 0.314 e. The Hall–Kier alpha value is -0.860. The lowest BCUT2D eigenvalue weighted by Crippen LogP contribution is -2.23. The Morgan fingerprint density at radius 2 is 2.12 bits per heavy atom. The van der Waals surface area contributed by atoms with Gasteiger partial charge >= 0.3 is 0 Å². The average Bonchev–Trinajstić information content (AvgIpc) is 2.27. The molecule has 17 heavy (non-hydrogen) atoms. The number of hydrogen-bond donors (Lipinski definition) is 1. The first-order chi connectivity index (χ1) is 8.09. The zero-order valence-electron chi connectivity index (χ0n) is 10.3. The minimum Gasteiger partial charge on any atom is -0.314 e. The summed E-state index contributed by atoms with van der Waals surface area (Å²) in [6, 6.07) is 4.97. The van der Waals surface area contributed by atoms with Gasteiger partial charge in [-0.25, -0.2) is 4.39 Å². The van der Waals surface area contributed by atoms with E-state index in [1.54, 1.807) is 6.07 Å². The van der Waals surface area contributed by atoms with E-state index >= 15 is 0 Å². The Labute approximate surface area is 108 Å². The third-order valence-electron chi connectivity index (χ3n) is 2.38. The molecule has 94 valence electrons. The SMILES string of the molecule is CC(C)NCC/C=C/Cc1cc(F)ccc1Cl. The van der Waals surface area contributed by atoms with Gasteiger partial charge in [0.15, 0.2) is 0 Å². The highest BCUT2D eigenvalue weighted by Gasteiger charge is 1.99. The maximum Gasteiger partial charge on any atom is 0.123 e. The number of halogens is 2. The lowest BCUT2D eigenvalue weighted by Gasteiger charge is -2.05. The Morgan fingerprint density at radius 3 is 2.82 bits per heavy atom. The molecule has 0 aliphatic rings. The van der Waals surface area contributed by atoms with Gasteiger partial charge in [0, 0.05) is 11.1 Å². The first-order valence-electron chi connectivity index (χ1n) is 5.92. The van der Waals surface area contributed by atoms with Crippen LogP contribution in [0.1, 0.15) is 25.8 Å². The molecule has 0 amide bonds. The molecule has 1 aromatic carbocycles. The Morgan fingerprint density at radius 1 is 1.35 bits per heavy atom. The lowest BCUT2D eigenvalue weighted by atomic mass is 10.1. The number of hydrogen-bond acceptors (Lipinski definition) is 1. The Kier molecular flexibility index (Phi) is 6.23. The van der Waals surface area contributed by atoms with Gasteiger partial charge in [0.25, 0.3) is 0 Å². The van der Waals surface area contributed by atoms with Crippen LogP contribution in [0, 0.1) is 5.82 Å². The fourth-order valence-corrected chi connectivity index (χ4v) is 1.68. The number of benzene rings is 1. The normalized spacial score (nSPS) is 11.6. The number of rotatable bonds is 6. The summed E-state index contributed by atoms with van der Waals surface area (Å²) in [4.78, 5) is 0. The molecular weight excluding hydrogens is 237 g/mol. The van der Waals surface area contributed by atoms with Crippen molar-refractivity contribution in [1.82, 2.24) is 5.32 Å². The first-order valence-corrected chi connectivity index (χ1v) is 6.29. The topological polar surface area (TPSA) is 12.0 Å². The highest BCUT2D eigenvalue weighted by Crippen LogP contribution is 2.17. The molecule has 0 unspecified atom stereocenters. The predicted molar refractivity (Wildman–Crippen MR) is 72.0 cm³/mol. The maximum atomic E-state index is 13.0. The summed E-state index contributed by atoms with van der Waals surface area (Å²) in [5.74, 6) is -0.237. The fraction of sp³-hybridized carbons (Fsp3) is 0.429. The van der Waals surface area contributed by atoms with Gasteiger partial charge in [-0.3, -0.25) is 0 Å². The number of nitrogens with one attached hydrogen (secondary N) is 1. The second-order valence-corrected chi connectivity index (χ2v) is 4.72. The molecular formula is C14H19ClFN. The number of allylic oxidation sites excluding steroid dienone is 1. The second kappa shape index (κ2) is 7.46. The summed E-state index contributed by atoms with van der Waals surface area (Å²) in [6.45, 7) is 5.21. The van der Waals surface area contributed by atoms with Crippen LogP contribution in [0.4, 0.5) is 4.39 Å². The van der Waals surface area contributed by atoms with E-state index in [-0.39, 0.29) is 5.82 Å². The van der Waals surface area contributed by atoms with Crippen LogP contribution in [-0.2, 0) is 6.42 Å². The zero-order chi connectivity index (χ0) is 12.7. The van der Waals surface area contributed by atoms with E-state index in [0.717, 1.165) is 18.5 Å². The smallest absolute Gasteiger partial charge is 0.123 e. The molecule has 0 spiro atoms. The van der Waals surface area contributed by atoms with Crippen molar-refractivity contribution >= 4 is 11.6 Å². The van der Waals surface area contributed by atoms with E-state index < -0.39 is 0 Å². The van der Waals surface area contributed by atoms with Crippen LogP contribution in [0.15, 0.2) is 30.4 Å². The van der Waals surface area contributed by atoms with Crippen molar-refractivity contribution in [3.05, 3.63) is 46.8 Å². The zero-order valence-corrected chi connectivity index (χ0v) is 11.1. The quantitative estimate of drug-likeness (QED) is 0.599. The van der Waals surface area contributed by atoms with Crippen LogP contribution in [0.3, 0.4) is 0 Å². The van der Waals surface area contributed by atoms with Gasteiger partial charge in [-0.2, -0.15) is 0 Å². The van der Waals surface area contributed by atoms with E-state index in [1.165, 1.54) is 12.1 Å². The molecule has 1 nitrogen and oxygen atoms in total. The summed E-state index contributed by atoms with van der Waals surface area (Å²) in [6.07, 6.45) is 5.78. The highest BCUT2D eigenvalue weighted by molar-refractivity contribution is 6.31. The molecule has 0 aliphatic carbocycles. The van der Waals surface area contributed by atoms with Crippen LogP contribution in [0.5, 0.6) is 0 Å². The molecule has 0 saturated heterocycles. The highest BCUT2D eigenvalue weighted by atomic mass is 35.5. The molecule has 1 aromatic rings. The molecule has 1 N–H and O–H groups in total. The van der Waals surface area contributed by atoms with Gasteiger partial charge in [-0.1, -0.05) is 37.6 Å². The minimum absolute atomic E-state index is 0.237. The average molecular weight is 256 g/mol. The van der Waals surface area contributed by atoms with Crippen LogP contribution >= 0.6 is 11.6 Å². The molecule has 0 bridgehead atoms. The predicted octanol–water partition coefficient (Wildman–Crippen LogP) is 3.97. The molecule has 0 atom stereocenters. The van der Waals surface area contributed by atoms with Gasteiger partial charge in [-0.15, -0.1) is 0 Å². The van der Waals surface area contributed by atoms with Crippen molar-refractivity contribution < 1.29 is 4.39 Å². The third-order valence-corrected chi connectivity index (χ3v) is 2.74. The monoisotopic (exact) mass is 255 g/mol. The van der Waals surface area contributed by atoms with E-state index in [9.17, 15) is 4.39 Å². The molecule has 0 saturated carbocycles. The lowest BCUT2D eigenvalue weighted by molar-refractivity contribution is 0.594. The summed E-state index contributed by atoms with van der Waals surface area (Å²) in [5, 5.41) is 3.95.